The molecule has 0 radical (unpaired) electrons. The van der Waals surface area contributed by atoms with E-state index >= 15 is 0 Å². The summed E-state index contributed by atoms with van der Waals surface area (Å²) in [6.07, 6.45) is -1.15. The van der Waals surface area contributed by atoms with Crippen molar-refractivity contribution in [2.75, 3.05) is 6.61 Å². The van der Waals surface area contributed by atoms with E-state index in [0.717, 1.165) is 0 Å². The molecule has 3 aromatic carbocycles. The number of fused-ring (bicyclic) bond motifs is 1. The van der Waals surface area contributed by atoms with Crippen molar-refractivity contribution in [3.8, 4) is 5.69 Å². The molecule has 0 bridgehead atoms. The van der Waals surface area contributed by atoms with Gasteiger partial charge in [-0.15, -0.1) is 0 Å². The quantitative estimate of drug-likeness (QED) is 0.261. The largest absolute Gasteiger partial charge is 0.395 e. The Morgan fingerprint density at radius 3 is 2.50 bits per heavy atom. The predicted molar refractivity (Wildman–Crippen MR) is 128 cm³/mol. The van der Waals surface area contributed by atoms with Gasteiger partial charge in [0.2, 0.25) is 0 Å². The number of nitrogens with one attached hydrogen (secondary N) is 1. The SMILES string of the molecule is O=c1c2ccccc2nc(CNC(CO)C(O)c2ccc([N+](=O)[O-])cc2)n1-c1cccc(Cl)c1. The Labute approximate surface area is 199 Å². The number of nitrogens with zero attached hydrogens (tertiary/aromatic N) is 3. The number of hydrogen-bond donors (Lipinski definition) is 3. The van der Waals surface area contributed by atoms with Crippen LogP contribution in [0.3, 0.4) is 0 Å². The van der Waals surface area contributed by atoms with Crippen molar-refractivity contribution in [2.24, 2.45) is 0 Å². The summed E-state index contributed by atoms with van der Waals surface area (Å²) < 4.78 is 1.44. The zero-order chi connectivity index (χ0) is 24.2. The molecule has 0 amide bonds. The minimum atomic E-state index is -1.15. The van der Waals surface area contributed by atoms with E-state index in [4.69, 9.17) is 11.6 Å². The number of nitro benzene ring substituents is 1. The van der Waals surface area contributed by atoms with Crippen LogP contribution in [0.25, 0.3) is 16.6 Å². The van der Waals surface area contributed by atoms with E-state index in [1.54, 1.807) is 48.5 Å². The molecule has 0 fully saturated rings. The fourth-order valence-corrected chi connectivity index (χ4v) is 3.89. The van der Waals surface area contributed by atoms with Crippen molar-refractivity contribution in [2.45, 2.75) is 18.7 Å². The number of nitro groups is 1. The summed E-state index contributed by atoms with van der Waals surface area (Å²) in [5.74, 6) is 0.361. The molecule has 10 heteroatoms. The van der Waals surface area contributed by atoms with Gasteiger partial charge >= 0.3 is 0 Å². The lowest BCUT2D eigenvalue weighted by atomic mass is 10.0. The maximum atomic E-state index is 13.3. The first kappa shape index (κ1) is 23.5. The lowest BCUT2D eigenvalue weighted by Gasteiger charge is -2.23. The minimum Gasteiger partial charge on any atom is -0.395 e. The first-order valence-electron chi connectivity index (χ1n) is 10.4. The van der Waals surface area contributed by atoms with Gasteiger partial charge in [0.05, 0.1) is 46.8 Å². The van der Waals surface area contributed by atoms with Crippen molar-refractivity contribution < 1.29 is 15.1 Å². The molecule has 1 heterocycles. The summed E-state index contributed by atoms with van der Waals surface area (Å²) in [5, 5.41) is 35.4. The molecular formula is C24H21ClN4O5. The number of aliphatic hydroxyl groups excluding tert-OH is 2. The second-order valence-corrected chi connectivity index (χ2v) is 8.07. The van der Waals surface area contributed by atoms with Crippen molar-refractivity contribution >= 4 is 28.2 Å². The zero-order valence-electron chi connectivity index (χ0n) is 17.8. The van der Waals surface area contributed by atoms with E-state index in [1.165, 1.54) is 28.8 Å². The van der Waals surface area contributed by atoms with Crippen LogP contribution in [-0.4, -0.2) is 37.3 Å². The molecule has 2 atom stereocenters. The second kappa shape index (κ2) is 10.1. The molecule has 0 aliphatic heterocycles. The van der Waals surface area contributed by atoms with E-state index in [9.17, 15) is 25.1 Å². The van der Waals surface area contributed by atoms with Gasteiger partial charge in [0, 0.05) is 17.2 Å². The Morgan fingerprint density at radius 2 is 1.82 bits per heavy atom. The normalized spacial score (nSPS) is 13.0. The Balaban J connectivity index is 1.67. The van der Waals surface area contributed by atoms with Crippen LogP contribution in [0.4, 0.5) is 5.69 Å². The number of halogens is 1. The number of benzene rings is 3. The van der Waals surface area contributed by atoms with Crippen LogP contribution < -0.4 is 10.9 Å². The van der Waals surface area contributed by atoms with E-state index < -0.39 is 23.7 Å². The van der Waals surface area contributed by atoms with Gasteiger partial charge in [0.15, 0.2) is 0 Å². The summed E-state index contributed by atoms with van der Waals surface area (Å²) in [6.45, 7) is -0.380. The van der Waals surface area contributed by atoms with Gasteiger partial charge in [0.25, 0.3) is 11.2 Å². The highest BCUT2D eigenvalue weighted by Crippen LogP contribution is 2.21. The molecule has 0 spiro atoms. The number of hydrogen-bond acceptors (Lipinski definition) is 7. The smallest absolute Gasteiger partial charge is 0.269 e. The number of aromatic nitrogens is 2. The third-order valence-electron chi connectivity index (χ3n) is 5.46. The highest BCUT2D eigenvalue weighted by atomic mass is 35.5. The maximum absolute atomic E-state index is 13.3. The number of non-ortho nitro benzene ring substituents is 1. The summed E-state index contributed by atoms with van der Waals surface area (Å²) in [4.78, 5) is 28.3. The maximum Gasteiger partial charge on any atom is 0.269 e. The van der Waals surface area contributed by atoms with Gasteiger partial charge in [0.1, 0.15) is 5.82 Å². The molecule has 0 saturated heterocycles. The summed E-state index contributed by atoms with van der Waals surface area (Å²) in [6, 6.07) is 18.4. The first-order chi connectivity index (χ1) is 16.4. The highest BCUT2D eigenvalue weighted by molar-refractivity contribution is 6.30. The summed E-state index contributed by atoms with van der Waals surface area (Å²) >= 11 is 6.15. The molecule has 174 valence electrons. The fraction of sp³-hybridized carbons (Fsp3) is 0.167. The van der Waals surface area contributed by atoms with Gasteiger partial charge in [-0.25, -0.2) is 4.98 Å². The van der Waals surface area contributed by atoms with Crippen LogP contribution in [0, 0.1) is 10.1 Å². The standard InChI is InChI=1S/C24H21ClN4O5/c25-16-4-3-5-18(12-16)28-22(27-20-7-2-1-6-19(20)24(28)32)13-26-21(14-30)23(31)15-8-10-17(11-9-15)29(33)34/h1-12,21,23,26,30-31H,13-14H2. The third kappa shape index (κ3) is 4.82. The molecule has 34 heavy (non-hydrogen) atoms. The molecule has 3 N–H and O–H groups in total. The van der Waals surface area contributed by atoms with Crippen molar-refractivity contribution in [1.82, 2.24) is 14.9 Å². The fourth-order valence-electron chi connectivity index (χ4n) is 3.70. The number of para-hydroxylation sites is 1. The van der Waals surface area contributed by atoms with Gasteiger partial charge in [-0.05, 0) is 48.0 Å². The molecule has 4 aromatic rings. The highest BCUT2D eigenvalue weighted by Gasteiger charge is 2.22. The van der Waals surface area contributed by atoms with E-state index in [2.05, 4.69) is 10.3 Å². The molecule has 1 aromatic heterocycles. The van der Waals surface area contributed by atoms with Crippen LogP contribution in [0.1, 0.15) is 17.5 Å². The lowest BCUT2D eigenvalue weighted by Crippen LogP contribution is -2.39. The topological polar surface area (TPSA) is 131 Å². The Bertz CT molecular complexity index is 1390. The van der Waals surface area contributed by atoms with Crippen molar-refractivity contribution in [3.05, 3.63) is 110 Å². The Kier molecular flexibility index (Phi) is 6.99. The van der Waals surface area contributed by atoms with Crippen LogP contribution >= 0.6 is 11.6 Å². The number of aliphatic hydroxyl groups is 2. The van der Waals surface area contributed by atoms with Crippen LogP contribution in [-0.2, 0) is 6.54 Å². The number of rotatable bonds is 8. The molecule has 2 unspecified atom stereocenters. The van der Waals surface area contributed by atoms with Crippen molar-refractivity contribution in [1.29, 1.82) is 0 Å². The van der Waals surface area contributed by atoms with Gasteiger partial charge in [-0.2, -0.15) is 0 Å². The van der Waals surface area contributed by atoms with Crippen LogP contribution in [0.2, 0.25) is 5.02 Å². The molecule has 9 nitrogen and oxygen atoms in total. The molecule has 0 saturated carbocycles. The average Bonchev–Trinajstić information content (AvgIpc) is 2.84. The van der Waals surface area contributed by atoms with Gasteiger partial charge < -0.3 is 15.5 Å². The third-order valence-corrected chi connectivity index (χ3v) is 5.69. The predicted octanol–water partition coefficient (Wildman–Crippen LogP) is 3.13. The molecular weight excluding hydrogens is 460 g/mol. The zero-order valence-corrected chi connectivity index (χ0v) is 18.6. The lowest BCUT2D eigenvalue weighted by molar-refractivity contribution is -0.384. The molecule has 0 aliphatic carbocycles. The average molecular weight is 481 g/mol. The molecule has 4 rings (SSSR count). The Hall–Kier alpha value is -3.63. The van der Waals surface area contributed by atoms with E-state index in [0.29, 0.717) is 33.0 Å². The summed E-state index contributed by atoms with van der Waals surface area (Å²) in [5.41, 5.74) is 1.07. The van der Waals surface area contributed by atoms with E-state index in [1.807, 2.05) is 0 Å². The molecule has 0 aliphatic rings. The van der Waals surface area contributed by atoms with Gasteiger partial charge in [-0.1, -0.05) is 29.8 Å². The monoisotopic (exact) mass is 480 g/mol. The summed E-state index contributed by atoms with van der Waals surface area (Å²) in [7, 11) is 0. The minimum absolute atomic E-state index is 0.0435. The first-order valence-corrected chi connectivity index (χ1v) is 10.8. The van der Waals surface area contributed by atoms with Crippen molar-refractivity contribution in [3.63, 3.8) is 0 Å². The van der Waals surface area contributed by atoms with Crippen LogP contribution in [0.15, 0.2) is 77.6 Å². The van der Waals surface area contributed by atoms with E-state index in [-0.39, 0.29) is 17.8 Å². The second-order valence-electron chi connectivity index (χ2n) is 7.63. The Morgan fingerprint density at radius 1 is 1.09 bits per heavy atom. The van der Waals surface area contributed by atoms with Crippen LogP contribution in [0.5, 0.6) is 0 Å². The van der Waals surface area contributed by atoms with Gasteiger partial charge in [-0.3, -0.25) is 19.5 Å².